The third kappa shape index (κ3) is 3.25. The van der Waals surface area contributed by atoms with Crippen LogP contribution in [-0.2, 0) is 10.3 Å². The normalized spacial score (nSPS) is 20.8. The molecule has 2 atom stereocenters. The molecule has 1 saturated heterocycles. The van der Waals surface area contributed by atoms with Gasteiger partial charge in [0.1, 0.15) is 11.3 Å². The number of halogens is 1. The molecule has 1 aliphatic heterocycles. The average Bonchev–Trinajstić information content (AvgIpc) is 2.86. The Morgan fingerprint density at radius 1 is 1.23 bits per heavy atom. The number of carbonyl (C=O) groups excluding carboxylic acids is 2. The van der Waals surface area contributed by atoms with E-state index in [0.717, 1.165) is 4.90 Å². The van der Waals surface area contributed by atoms with Gasteiger partial charge in [0, 0.05) is 5.02 Å². The molecule has 0 spiro atoms. The Kier molecular flexibility index (Phi) is 4.89. The van der Waals surface area contributed by atoms with Crippen LogP contribution >= 0.6 is 11.6 Å². The number of β-amino-alcohol motifs (C(OH)–C–C–N with tert-alkyl or cyclic N) is 1. The van der Waals surface area contributed by atoms with E-state index in [-0.39, 0.29) is 6.54 Å². The number of nitrogens with zero attached hydrogens (tertiary/aromatic N) is 1. The van der Waals surface area contributed by atoms with Gasteiger partial charge in [0.25, 0.3) is 5.91 Å². The second kappa shape index (κ2) is 6.97. The van der Waals surface area contributed by atoms with Crippen LogP contribution in [0.3, 0.4) is 0 Å². The summed E-state index contributed by atoms with van der Waals surface area (Å²) in [6.45, 7) is 1.49. The first kappa shape index (κ1) is 18.2. The van der Waals surface area contributed by atoms with Crippen LogP contribution in [0.5, 0.6) is 5.75 Å². The van der Waals surface area contributed by atoms with Crippen molar-refractivity contribution in [3.8, 4) is 5.75 Å². The molecular weight excluding hydrogens is 356 g/mol. The zero-order valence-corrected chi connectivity index (χ0v) is 15.2. The van der Waals surface area contributed by atoms with Gasteiger partial charge in [-0.25, -0.2) is 4.79 Å². The van der Waals surface area contributed by atoms with Gasteiger partial charge < -0.3 is 15.2 Å². The predicted octanol–water partition coefficient (Wildman–Crippen LogP) is 2.85. The highest BCUT2D eigenvalue weighted by Crippen LogP contribution is 2.32. The zero-order valence-electron chi connectivity index (χ0n) is 14.4. The van der Waals surface area contributed by atoms with Crippen molar-refractivity contribution in [2.45, 2.75) is 18.6 Å². The first-order valence-electron chi connectivity index (χ1n) is 8.07. The predicted molar refractivity (Wildman–Crippen MR) is 97.0 cm³/mol. The highest BCUT2D eigenvalue weighted by Gasteiger charge is 2.49. The molecule has 1 aliphatic rings. The lowest BCUT2D eigenvalue weighted by molar-refractivity contribution is -0.132. The molecule has 3 amide bonds. The number of nitrogens with one attached hydrogen (secondary N) is 1. The van der Waals surface area contributed by atoms with E-state index < -0.39 is 23.6 Å². The van der Waals surface area contributed by atoms with Crippen LogP contribution < -0.4 is 10.1 Å². The van der Waals surface area contributed by atoms with E-state index in [1.165, 1.54) is 7.11 Å². The summed E-state index contributed by atoms with van der Waals surface area (Å²) in [4.78, 5) is 26.3. The zero-order chi connectivity index (χ0) is 18.9. The molecule has 0 radical (unpaired) electrons. The van der Waals surface area contributed by atoms with Crippen LogP contribution in [0, 0.1) is 0 Å². The van der Waals surface area contributed by atoms with E-state index in [4.69, 9.17) is 16.3 Å². The lowest BCUT2D eigenvalue weighted by atomic mass is 9.92. The molecule has 2 N–H and O–H groups in total. The molecule has 0 bridgehead atoms. The minimum absolute atomic E-state index is 0.147. The maximum absolute atomic E-state index is 12.9. The summed E-state index contributed by atoms with van der Waals surface area (Å²) in [5, 5.41) is 13.6. The van der Waals surface area contributed by atoms with Gasteiger partial charge in [0.2, 0.25) is 0 Å². The van der Waals surface area contributed by atoms with Gasteiger partial charge in [-0.2, -0.15) is 0 Å². The highest BCUT2D eigenvalue weighted by atomic mass is 35.5. The Bertz CT molecular complexity index is 840. The standard InChI is InChI=1S/C19H19ClN2O4/c1-19(13-4-3-5-15(10-13)26-2)17(24)22(18(25)21-19)11-16(23)12-6-8-14(20)9-7-12/h3-10,16,23H,11H2,1-2H3,(H,21,25)/t16-,19-/m0/s1. The number of carbonyl (C=O) groups is 2. The van der Waals surface area contributed by atoms with Crippen molar-refractivity contribution >= 4 is 23.5 Å². The minimum atomic E-state index is -1.22. The van der Waals surface area contributed by atoms with E-state index >= 15 is 0 Å². The number of imide groups is 1. The number of hydrogen-bond acceptors (Lipinski definition) is 4. The molecule has 1 heterocycles. The van der Waals surface area contributed by atoms with Gasteiger partial charge in [0.15, 0.2) is 0 Å². The fourth-order valence-electron chi connectivity index (χ4n) is 2.96. The summed E-state index contributed by atoms with van der Waals surface area (Å²) in [6, 6.07) is 13.0. The van der Waals surface area contributed by atoms with Gasteiger partial charge >= 0.3 is 6.03 Å². The molecule has 26 heavy (non-hydrogen) atoms. The molecule has 3 rings (SSSR count). The highest BCUT2D eigenvalue weighted by molar-refractivity contribution is 6.30. The van der Waals surface area contributed by atoms with E-state index in [0.29, 0.717) is 21.9 Å². The van der Waals surface area contributed by atoms with Crippen LogP contribution in [-0.4, -0.2) is 35.6 Å². The minimum Gasteiger partial charge on any atom is -0.497 e. The second-order valence-corrected chi connectivity index (χ2v) is 6.71. The Labute approximate surface area is 156 Å². The lowest BCUT2D eigenvalue weighted by Crippen LogP contribution is -2.41. The number of ether oxygens (including phenoxy) is 1. The first-order valence-corrected chi connectivity index (χ1v) is 8.45. The smallest absolute Gasteiger partial charge is 0.325 e. The third-order valence-corrected chi connectivity index (χ3v) is 4.78. The molecular formula is C19H19ClN2O4. The molecule has 0 saturated carbocycles. The van der Waals surface area contributed by atoms with Crippen molar-refractivity contribution in [1.82, 2.24) is 10.2 Å². The van der Waals surface area contributed by atoms with Crippen molar-refractivity contribution in [2.75, 3.05) is 13.7 Å². The number of rotatable bonds is 5. The third-order valence-electron chi connectivity index (χ3n) is 4.53. The molecule has 0 unspecified atom stereocenters. The summed E-state index contributed by atoms with van der Waals surface area (Å²) in [6.07, 6.45) is -1.00. The Morgan fingerprint density at radius 3 is 2.58 bits per heavy atom. The number of aliphatic hydroxyl groups excluding tert-OH is 1. The quantitative estimate of drug-likeness (QED) is 0.789. The maximum atomic E-state index is 12.9. The van der Waals surface area contributed by atoms with Crippen LogP contribution in [0.2, 0.25) is 5.02 Å². The van der Waals surface area contributed by atoms with Crippen LogP contribution in [0.4, 0.5) is 4.79 Å². The first-order chi connectivity index (χ1) is 12.3. The number of methoxy groups -OCH3 is 1. The number of benzene rings is 2. The number of aliphatic hydroxyl groups is 1. The largest absolute Gasteiger partial charge is 0.497 e. The van der Waals surface area contributed by atoms with Crippen molar-refractivity contribution < 1.29 is 19.4 Å². The van der Waals surface area contributed by atoms with Crippen molar-refractivity contribution in [2.24, 2.45) is 0 Å². The summed E-state index contributed by atoms with van der Waals surface area (Å²) in [5.41, 5.74) is -0.0330. The number of amides is 3. The Hall–Kier alpha value is -2.57. The summed E-state index contributed by atoms with van der Waals surface area (Å²) >= 11 is 5.84. The molecule has 2 aromatic rings. The fourth-order valence-corrected chi connectivity index (χ4v) is 3.08. The van der Waals surface area contributed by atoms with E-state index in [1.54, 1.807) is 55.5 Å². The average molecular weight is 375 g/mol. The molecule has 6 nitrogen and oxygen atoms in total. The summed E-state index contributed by atoms with van der Waals surface area (Å²) in [5.74, 6) is 0.161. The van der Waals surface area contributed by atoms with Gasteiger partial charge in [-0.3, -0.25) is 9.69 Å². The van der Waals surface area contributed by atoms with Crippen molar-refractivity contribution in [3.05, 3.63) is 64.7 Å². The van der Waals surface area contributed by atoms with Gasteiger partial charge in [-0.05, 0) is 42.3 Å². The fraction of sp³-hybridized carbons (Fsp3) is 0.263. The van der Waals surface area contributed by atoms with Crippen LogP contribution in [0.1, 0.15) is 24.2 Å². The number of hydrogen-bond donors (Lipinski definition) is 2. The van der Waals surface area contributed by atoms with E-state index in [2.05, 4.69) is 5.32 Å². The molecule has 136 valence electrons. The van der Waals surface area contributed by atoms with Crippen LogP contribution in [0.15, 0.2) is 48.5 Å². The van der Waals surface area contributed by atoms with Crippen LogP contribution in [0.25, 0.3) is 0 Å². The number of urea groups is 1. The summed E-state index contributed by atoms with van der Waals surface area (Å²) < 4.78 is 5.19. The maximum Gasteiger partial charge on any atom is 0.325 e. The SMILES string of the molecule is COc1cccc([C@]2(C)NC(=O)N(C[C@H](O)c3ccc(Cl)cc3)C2=O)c1. The van der Waals surface area contributed by atoms with Gasteiger partial charge in [-0.15, -0.1) is 0 Å². The Balaban J connectivity index is 1.83. The molecule has 1 fully saturated rings. The molecule has 0 aliphatic carbocycles. The van der Waals surface area contributed by atoms with Crippen molar-refractivity contribution in [3.63, 3.8) is 0 Å². The van der Waals surface area contributed by atoms with E-state index in [1.807, 2.05) is 0 Å². The second-order valence-electron chi connectivity index (χ2n) is 6.27. The molecule has 2 aromatic carbocycles. The van der Waals surface area contributed by atoms with Crippen molar-refractivity contribution in [1.29, 1.82) is 0 Å². The summed E-state index contributed by atoms with van der Waals surface area (Å²) in [7, 11) is 1.53. The van der Waals surface area contributed by atoms with E-state index in [9.17, 15) is 14.7 Å². The Morgan fingerprint density at radius 2 is 1.92 bits per heavy atom. The molecule has 0 aromatic heterocycles. The lowest BCUT2D eigenvalue weighted by Gasteiger charge is -2.23. The topological polar surface area (TPSA) is 78.9 Å². The molecule has 7 heteroatoms. The van der Waals surface area contributed by atoms with Gasteiger partial charge in [0.05, 0.1) is 19.8 Å². The monoisotopic (exact) mass is 374 g/mol. The van der Waals surface area contributed by atoms with Gasteiger partial charge in [-0.1, -0.05) is 35.9 Å².